The Balaban J connectivity index is 1.86. The number of phenols is 3. The summed E-state index contributed by atoms with van der Waals surface area (Å²) in [5.74, 6) is -0.859. The molecule has 0 amide bonds. The van der Waals surface area contributed by atoms with E-state index in [0.717, 1.165) is 0 Å². The summed E-state index contributed by atoms with van der Waals surface area (Å²) in [6.45, 7) is 6.05. The highest BCUT2D eigenvalue weighted by atomic mass is 16.6. The second-order valence-electron chi connectivity index (χ2n) is 11.6. The molecule has 4 aromatic carbocycles. The van der Waals surface area contributed by atoms with Crippen molar-refractivity contribution in [3.05, 3.63) is 46.5 Å². The molecular weight excluding hydrogens is 612 g/mol. The highest BCUT2D eigenvalue weighted by Crippen LogP contribution is 2.56. The topological polar surface area (TPSA) is 159 Å². The lowest BCUT2D eigenvalue weighted by Gasteiger charge is -2.35. The molecule has 47 heavy (non-hydrogen) atoms. The van der Waals surface area contributed by atoms with E-state index in [9.17, 15) is 24.9 Å². The number of hydrogen-bond donors (Lipinski definition) is 3. The first-order valence-corrected chi connectivity index (χ1v) is 15.0. The summed E-state index contributed by atoms with van der Waals surface area (Å²) in [4.78, 5) is 24.6. The molecule has 0 bridgehead atoms. The van der Waals surface area contributed by atoms with E-state index in [1.807, 2.05) is 0 Å². The maximum Gasteiger partial charge on any atom is 0.303 e. The number of fused-ring (bicyclic) bond motifs is 4. The van der Waals surface area contributed by atoms with Crippen molar-refractivity contribution >= 4 is 33.5 Å². The smallest absolute Gasteiger partial charge is 0.303 e. The molecule has 0 spiro atoms. The van der Waals surface area contributed by atoms with Crippen LogP contribution in [-0.4, -0.2) is 60.8 Å². The van der Waals surface area contributed by atoms with Gasteiger partial charge in [-0.3, -0.25) is 9.59 Å². The van der Waals surface area contributed by atoms with Crippen LogP contribution in [-0.2, 0) is 41.8 Å². The van der Waals surface area contributed by atoms with Gasteiger partial charge in [0.1, 0.15) is 34.5 Å². The Bertz CT molecular complexity index is 1950. The number of phenolic OH excluding ortho intramolecular Hbond substituents is 3. The minimum atomic E-state index is -1.01. The molecular formula is C35H36O12. The summed E-state index contributed by atoms with van der Waals surface area (Å²) < 4.78 is 40.3. The summed E-state index contributed by atoms with van der Waals surface area (Å²) in [5.41, 5.74) is 2.20. The second kappa shape index (κ2) is 12.0. The van der Waals surface area contributed by atoms with E-state index in [0.29, 0.717) is 49.7 Å². The van der Waals surface area contributed by atoms with E-state index in [2.05, 4.69) is 0 Å². The molecule has 248 valence electrons. The van der Waals surface area contributed by atoms with Gasteiger partial charge in [-0.25, -0.2) is 0 Å². The Hall–Kier alpha value is -4.94. The highest BCUT2D eigenvalue weighted by molar-refractivity contribution is 6.15. The Labute approximate surface area is 270 Å². The van der Waals surface area contributed by atoms with Crippen molar-refractivity contribution in [2.24, 2.45) is 0 Å². The summed E-state index contributed by atoms with van der Waals surface area (Å²) in [6, 6.07) is 6.42. The molecule has 0 unspecified atom stereocenters. The average molecular weight is 649 g/mol. The second-order valence-corrected chi connectivity index (χ2v) is 11.6. The molecule has 0 aliphatic carbocycles. The van der Waals surface area contributed by atoms with E-state index in [1.165, 1.54) is 41.2 Å². The van der Waals surface area contributed by atoms with Crippen molar-refractivity contribution in [3.63, 3.8) is 0 Å². The molecule has 4 aromatic rings. The van der Waals surface area contributed by atoms with Crippen molar-refractivity contribution in [2.45, 2.75) is 65.3 Å². The average Bonchev–Trinajstić information content (AvgIpc) is 3.03. The fraction of sp³-hybridized carbons (Fsp3) is 0.371. The van der Waals surface area contributed by atoms with Gasteiger partial charge in [-0.15, -0.1) is 0 Å². The molecule has 12 nitrogen and oxygen atoms in total. The SMILES string of the molecule is COc1cc(OC)c2c(O)c3c(c(-c4c(O)cc(OC)c5c(O)c6c(cc45)[C@H](OC(C)=O)[C@H](C)OC6)c2c1)[C@H](OC(C)=O)[C@H](C)OC3. The Morgan fingerprint density at radius 3 is 1.83 bits per heavy atom. The molecule has 6 rings (SSSR count). The largest absolute Gasteiger partial charge is 0.507 e. The molecule has 0 fully saturated rings. The zero-order valence-corrected chi connectivity index (χ0v) is 27.0. The third-order valence-electron chi connectivity index (χ3n) is 8.88. The number of rotatable bonds is 6. The number of carbonyl (C=O) groups excluding carboxylic acids is 2. The van der Waals surface area contributed by atoms with E-state index < -0.39 is 36.4 Å². The Kier molecular flexibility index (Phi) is 8.18. The van der Waals surface area contributed by atoms with Crippen molar-refractivity contribution in [1.82, 2.24) is 0 Å². The third-order valence-corrected chi connectivity index (χ3v) is 8.88. The van der Waals surface area contributed by atoms with Crippen molar-refractivity contribution < 1.29 is 58.1 Å². The molecule has 0 saturated carbocycles. The maximum atomic E-state index is 12.5. The van der Waals surface area contributed by atoms with Gasteiger partial charge in [0.05, 0.1) is 57.5 Å². The van der Waals surface area contributed by atoms with Crippen LogP contribution in [0.5, 0.6) is 34.5 Å². The van der Waals surface area contributed by atoms with Gasteiger partial charge in [0.2, 0.25) is 0 Å². The third kappa shape index (κ3) is 5.08. The molecule has 0 aromatic heterocycles. The lowest BCUT2D eigenvalue weighted by atomic mass is 9.80. The van der Waals surface area contributed by atoms with Gasteiger partial charge in [0.15, 0.2) is 12.2 Å². The number of benzene rings is 4. The van der Waals surface area contributed by atoms with Gasteiger partial charge < -0.3 is 48.5 Å². The highest BCUT2D eigenvalue weighted by Gasteiger charge is 2.39. The summed E-state index contributed by atoms with van der Waals surface area (Å²) >= 11 is 0. The van der Waals surface area contributed by atoms with Crippen LogP contribution in [0.4, 0.5) is 0 Å². The molecule has 2 heterocycles. The number of aromatic hydroxyl groups is 3. The molecule has 12 heteroatoms. The first-order chi connectivity index (χ1) is 22.4. The summed E-state index contributed by atoms with van der Waals surface area (Å²) in [6.07, 6.45) is -3.08. The number of esters is 2. The van der Waals surface area contributed by atoms with Gasteiger partial charge >= 0.3 is 11.9 Å². The van der Waals surface area contributed by atoms with E-state index >= 15 is 0 Å². The number of carbonyl (C=O) groups is 2. The van der Waals surface area contributed by atoms with Gasteiger partial charge in [-0.2, -0.15) is 0 Å². The monoisotopic (exact) mass is 648 g/mol. The van der Waals surface area contributed by atoms with Crippen LogP contribution in [0.2, 0.25) is 0 Å². The normalized spacial score (nSPS) is 20.3. The van der Waals surface area contributed by atoms with Gasteiger partial charge in [-0.1, -0.05) is 0 Å². The van der Waals surface area contributed by atoms with Crippen LogP contribution in [0.3, 0.4) is 0 Å². The van der Waals surface area contributed by atoms with E-state index in [4.69, 9.17) is 33.2 Å². The number of methoxy groups -OCH3 is 3. The fourth-order valence-electron chi connectivity index (χ4n) is 6.79. The molecule has 0 radical (unpaired) electrons. The zero-order valence-electron chi connectivity index (χ0n) is 27.0. The van der Waals surface area contributed by atoms with Crippen LogP contribution in [0.1, 0.15) is 62.2 Å². The molecule has 4 atom stereocenters. The van der Waals surface area contributed by atoms with Crippen LogP contribution in [0, 0.1) is 0 Å². The van der Waals surface area contributed by atoms with E-state index in [1.54, 1.807) is 32.0 Å². The van der Waals surface area contributed by atoms with Crippen LogP contribution >= 0.6 is 0 Å². The number of ether oxygens (including phenoxy) is 7. The maximum absolute atomic E-state index is 12.5. The van der Waals surface area contributed by atoms with Crippen LogP contribution < -0.4 is 14.2 Å². The molecule has 2 aliphatic heterocycles. The molecule has 0 saturated heterocycles. The van der Waals surface area contributed by atoms with Gasteiger partial charge in [0, 0.05) is 70.1 Å². The lowest BCUT2D eigenvalue weighted by Crippen LogP contribution is -2.29. The van der Waals surface area contributed by atoms with Crippen molar-refractivity contribution in [1.29, 1.82) is 0 Å². The lowest BCUT2D eigenvalue weighted by molar-refractivity contribution is -0.158. The minimum absolute atomic E-state index is 0.0325. The van der Waals surface area contributed by atoms with Crippen molar-refractivity contribution in [3.8, 4) is 45.6 Å². The molecule has 2 aliphatic rings. The van der Waals surface area contributed by atoms with Crippen LogP contribution in [0.15, 0.2) is 24.3 Å². The standard InChI is InChI=1S/C35H36O12/c1-14-34(46-16(3)36)19-10-21-27(24(38)11-26(43-7)29(21)32(39)22(19)12-44-14)30-20-8-18(41-5)9-25(42-6)28(20)33(40)23-13-45-15(2)35(31(23)30)47-17(4)37/h8-11,14-15,34-35,38-40H,12-13H2,1-7H3/t14-,15-,34+,35+/m0/s1. The fourth-order valence-corrected chi connectivity index (χ4v) is 6.79. The number of hydrogen-bond acceptors (Lipinski definition) is 12. The Morgan fingerprint density at radius 2 is 1.23 bits per heavy atom. The van der Waals surface area contributed by atoms with E-state index in [-0.39, 0.29) is 52.9 Å². The predicted molar refractivity (Wildman–Crippen MR) is 169 cm³/mol. The van der Waals surface area contributed by atoms with Crippen molar-refractivity contribution in [2.75, 3.05) is 21.3 Å². The van der Waals surface area contributed by atoms with Gasteiger partial charge in [-0.05, 0) is 26.0 Å². The van der Waals surface area contributed by atoms with Gasteiger partial charge in [0.25, 0.3) is 0 Å². The Morgan fingerprint density at radius 1 is 0.702 bits per heavy atom. The quantitative estimate of drug-likeness (QED) is 0.215. The summed E-state index contributed by atoms with van der Waals surface area (Å²) in [7, 11) is 4.35. The molecule has 3 N–H and O–H groups in total. The first kappa shape index (κ1) is 32.0. The minimum Gasteiger partial charge on any atom is -0.507 e. The summed E-state index contributed by atoms with van der Waals surface area (Å²) in [5, 5.41) is 36.8. The predicted octanol–water partition coefficient (Wildman–Crippen LogP) is 5.85. The first-order valence-electron chi connectivity index (χ1n) is 15.0. The zero-order chi connectivity index (χ0) is 33.9. The van der Waals surface area contributed by atoms with Crippen LogP contribution in [0.25, 0.3) is 32.7 Å².